The highest BCUT2D eigenvalue weighted by molar-refractivity contribution is 14.1. The fourth-order valence-corrected chi connectivity index (χ4v) is 19.0. The molecular formula is C108H78Cl10I4N8O12. The number of amides is 5. The van der Waals surface area contributed by atoms with Crippen molar-refractivity contribution >= 4 is 264 Å². The molecule has 0 spiro atoms. The number of hydrogen-bond acceptors (Lipinski definition) is 15. The summed E-state index contributed by atoms with van der Waals surface area (Å²) >= 11 is 69.4. The molecule has 15 aromatic rings. The number of para-hydroxylation sites is 1. The first-order valence-electron chi connectivity index (χ1n) is 42.1. The Labute approximate surface area is 923 Å². The van der Waals surface area contributed by atoms with Gasteiger partial charge in [0.05, 0.1) is 88.1 Å². The molecule has 34 heteroatoms. The molecule has 0 aromatic heterocycles. The van der Waals surface area contributed by atoms with Crippen LogP contribution >= 0.6 is 206 Å². The Morgan fingerprint density at radius 2 is 0.563 bits per heavy atom. The summed E-state index contributed by atoms with van der Waals surface area (Å²) in [6.07, 6.45) is 0. The minimum Gasteiger partial charge on any atom is -0.507 e. The van der Waals surface area contributed by atoms with Crippen LogP contribution in [0.5, 0.6) is 51.7 Å². The Balaban J connectivity index is 0.000000170. The van der Waals surface area contributed by atoms with E-state index in [0.29, 0.717) is 133 Å². The highest BCUT2D eigenvalue weighted by Gasteiger charge is 2.27. The second-order valence-corrected chi connectivity index (χ2v) is 40.5. The fraction of sp³-hybridized carbons (Fsp3) is 0.0926. The van der Waals surface area contributed by atoms with Gasteiger partial charge in [0.15, 0.2) is 0 Å². The van der Waals surface area contributed by atoms with E-state index < -0.39 is 47.3 Å². The van der Waals surface area contributed by atoms with Gasteiger partial charge in [-0.25, -0.2) is 0 Å². The standard InChI is InChI=1S/C23H17Cl2IN2O2.C22H15Cl2IN2O2.C22H16Cl2N2O2.C21H16Cl2INO3.C20H14Cl2INO3/c1-12-7-17(22(29)20(26)8-12)23(30)28-21-10-19(25)16(9-13(21)2)18(11-27)14-3-5-15(24)6-4-14;1-12-8-17(21(28)20(25)9-12)22(29)27-15-6-7-16(19(24)10-15)18(11-26)13-2-4-14(23)5-3-13;1-13-10-17(18(12-25)14-6-8-15(23)9-7-14)19(24)11-20(13)26-22(28)16-4-2-3-5-21(16)27;1-11-7-15(20(26)17(24)8-11)21(27)25-18-10-16(23)19(9-12(18)2)28-14-5-3-13(22)4-6-14;1-11-8-15(19(25)17(23)9-11)20(26)24-13-4-7-18(16(22)10-13)27-14-5-2-12(21)3-6-14/h3-10,18,29H,1-2H3,(H,28,30);2-10,18,28H,1H3,(H,27,29);2-11,18,27H,1H3,(H,26,28);3-10,26H,1-2H3,(H,25,27);2-10,25H,1H3,(H,24,26). The molecule has 0 aliphatic heterocycles. The number of carbonyl (C=O) groups is 5. The third-order valence-electron chi connectivity index (χ3n) is 21.1. The molecule has 3 unspecified atom stereocenters. The molecule has 0 heterocycles. The predicted octanol–water partition coefficient (Wildman–Crippen LogP) is 32.9. The number of phenols is 5. The van der Waals surface area contributed by atoms with Crippen LogP contribution in [-0.4, -0.2) is 55.1 Å². The first-order valence-corrected chi connectivity index (χ1v) is 50.2. The van der Waals surface area contributed by atoms with Crippen LogP contribution in [0.2, 0.25) is 50.2 Å². The van der Waals surface area contributed by atoms with Gasteiger partial charge < -0.3 is 61.6 Å². The van der Waals surface area contributed by atoms with E-state index in [9.17, 15) is 65.3 Å². The summed E-state index contributed by atoms with van der Waals surface area (Å²) in [7, 11) is 0. The monoisotopic (exact) mass is 2540 g/mol. The van der Waals surface area contributed by atoms with Crippen molar-refractivity contribution in [1.82, 2.24) is 0 Å². The van der Waals surface area contributed by atoms with Crippen molar-refractivity contribution < 1.29 is 59.0 Å². The Kier molecular flexibility index (Phi) is 40.0. The van der Waals surface area contributed by atoms with Crippen molar-refractivity contribution in [2.24, 2.45) is 0 Å². The van der Waals surface area contributed by atoms with Crippen LogP contribution in [0.15, 0.2) is 267 Å². The Hall–Kier alpha value is -11.5. The number of nitrogens with zero attached hydrogens (tertiary/aromatic N) is 3. The van der Waals surface area contributed by atoms with Crippen LogP contribution in [-0.2, 0) is 0 Å². The molecule has 15 aromatic carbocycles. The molecule has 0 aliphatic carbocycles. The lowest BCUT2D eigenvalue weighted by atomic mass is 9.91. The van der Waals surface area contributed by atoms with Crippen molar-refractivity contribution in [1.29, 1.82) is 15.8 Å². The predicted molar refractivity (Wildman–Crippen MR) is 601 cm³/mol. The summed E-state index contributed by atoms with van der Waals surface area (Å²) in [6.45, 7) is 12.9. The zero-order chi connectivity index (χ0) is 103. The summed E-state index contributed by atoms with van der Waals surface area (Å²) < 4.78 is 13.9. The summed E-state index contributed by atoms with van der Waals surface area (Å²) in [5.41, 5.74) is 13.5. The van der Waals surface area contributed by atoms with E-state index in [4.69, 9.17) is 125 Å². The largest absolute Gasteiger partial charge is 0.507 e. The molecule has 720 valence electrons. The molecule has 0 saturated heterocycles. The van der Waals surface area contributed by atoms with Crippen molar-refractivity contribution in [3.63, 3.8) is 0 Å². The lowest BCUT2D eigenvalue weighted by Gasteiger charge is -2.16. The summed E-state index contributed by atoms with van der Waals surface area (Å²) in [4.78, 5) is 62.9. The molecule has 3 atom stereocenters. The second kappa shape index (κ2) is 51.2. The van der Waals surface area contributed by atoms with Crippen molar-refractivity contribution in [3.8, 4) is 70.0 Å². The van der Waals surface area contributed by atoms with Crippen molar-refractivity contribution in [3.05, 3.63) is 432 Å². The van der Waals surface area contributed by atoms with Gasteiger partial charge >= 0.3 is 0 Å². The van der Waals surface area contributed by atoms with Crippen LogP contribution in [0.3, 0.4) is 0 Å². The molecule has 5 amide bonds. The van der Waals surface area contributed by atoms with Gasteiger partial charge in [-0.05, 0) is 411 Å². The molecule has 0 saturated carbocycles. The van der Waals surface area contributed by atoms with E-state index in [2.05, 4.69) is 44.8 Å². The lowest BCUT2D eigenvalue weighted by Crippen LogP contribution is -2.14. The van der Waals surface area contributed by atoms with Gasteiger partial charge in [0.25, 0.3) is 29.5 Å². The van der Waals surface area contributed by atoms with E-state index in [0.717, 1.165) is 55.6 Å². The van der Waals surface area contributed by atoms with Gasteiger partial charge in [-0.1, -0.05) is 183 Å². The van der Waals surface area contributed by atoms with Gasteiger partial charge in [-0.2, -0.15) is 15.8 Å². The molecule has 10 N–H and O–H groups in total. The maximum absolute atomic E-state index is 12.7. The third-order valence-corrected chi connectivity index (χ3v) is 27.3. The number of aromatic hydroxyl groups is 5. The number of halogens is 14. The van der Waals surface area contributed by atoms with Crippen molar-refractivity contribution in [2.45, 2.75) is 66.2 Å². The number of hydrogen-bond donors (Lipinski definition) is 10. The van der Waals surface area contributed by atoms with Gasteiger partial charge in [-0.3, -0.25) is 24.0 Å². The first-order chi connectivity index (χ1) is 67.5. The fourth-order valence-electron chi connectivity index (χ4n) is 13.9. The number of rotatable bonds is 20. The zero-order valence-electron chi connectivity index (χ0n) is 75.4. The van der Waals surface area contributed by atoms with Gasteiger partial charge in [0.2, 0.25) is 0 Å². The minimum atomic E-state index is -0.569. The second-order valence-electron chi connectivity index (χ2n) is 31.7. The molecule has 20 nitrogen and oxygen atoms in total. The number of phenolic OH excluding ortho intramolecular Hbond substituents is 5. The Bertz CT molecular complexity index is 7460. The summed E-state index contributed by atoms with van der Waals surface area (Å²) in [5, 5.41) is 98.2. The molecule has 0 aliphatic rings. The van der Waals surface area contributed by atoms with Crippen LogP contribution in [0.4, 0.5) is 28.4 Å². The van der Waals surface area contributed by atoms with Gasteiger partial charge in [0.1, 0.15) is 51.7 Å². The molecule has 142 heavy (non-hydrogen) atoms. The number of benzene rings is 15. The van der Waals surface area contributed by atoms with Crippen LogP contribution < -0.4 is 36.1 Å². The molecule has 0 radical (unpaired) electrons. The van der Waals surface area contributed by atoms with Crippen LogP contribution in [0, 0.1) is 96.7 Å². The highest BCUT2D eigenvalue weighted by Crippen LogP contribution is 2.43. The molecular weight excluding hydrogens is 2460 g/mol. The van der Waals surface area contributed by atoms with E-state index >= 15 is 0 Å². The average Bonchev–Trinajstić information content (AvgIpc) is 0.790. The van der Waals surface area contributed by atoms with E-state index in [1.54, 1.807) is 255 Å². The van der Waals surface area contributed by atoms with E-state index in [-0.39, 0.29) is 56.6 Å². The molecule has 0 fully saturated rings. The number of nitriles is 3. The summed E-state index contributed by atoms with van der Waals surface area (Å²) in [5.74, 6) is -2.07. The topological polar surface area (TPSA) is 336 Å². The molecule has 15 rings (SSSR count). The average molecular weight is 2540 g/mol. The summed E-state index contributed by atoms with van der Waals surface area (Å²) in [6, 6.07) is 81.8. The zero-order valence-corrected chi connectivity index (χ0v) is 91.6. The van der Waals surface area contributed by atoms with Crippen LogP contribution in [0.1, 0.15) is 142 Å². The molecule has 0 bridgehead atoms. The van der Waals surface area contributed by atoms with Gasteiger partial charge in [-0.15, -0.1) is 0 Å². The number of anilines is 5. The first kappa shape index (κ1) is 111. The smallest absolute Gasteiger partial charge is 0.259 e. The normalized spacial score (nSPS) is 11.2. The maximum atomic E-state index is 12.7. The number of carbonyl (C=O) groups excluding carboxylic acids is 5. The maximum Gasteiger partial charge on any atom is 0.259 e. The third kappa shape index (κ3) is 29.7. The number of nitrogens with one attached hydrogen (secondary N) is 5. The lowest BCUT2D eigenvalue weighted by molar-refractivity contribution is 0.101. The SMILES string of the molecule is Cc1cc(C(C#N)c2ccc(Cl)cc2)c(Cl)cc1NC(=O)c1ccccc1O.Cc1cc(I)c(O)c(C(=O)Nc2cc(Cl)c(C(C#N)c3ccc(Cl)cc3)cc2C)c1.Cc1cc(I)c(O)c(C(=O)Nc2cc(Cl)c(Oc3ccc(Cl)cc3)cc2C)c1.Cc1cc(I)c(O)c(C(=O)Nc2ccc(C(C#N)c3ccc(Cl)cc3)c(Cl)c2)c1.Cc1cc(I)c(O)c(C(=O)Nc2ccc(Oc3ccc(Cl)cc3)c(Cl)c2)c1. The highest BCUT2D eigenvalue weighted by atomic mass is 127. The number of ether oxygens (including phenoxy) is 2. The van der Waals surface area contributed by atoms with E-state index in [1.165, 1.54) is 12.1 Å². The van der Waals surface area contributed by atoms with Gasteiger partial charge in [0, 0.05) is 68.6 Å². The minimum absolute atomic E-state index is 0.0462. The Morgan fingerprint density at radius 3 is 0.894 bits per heavy atom. The quantitative estimate of drug-likeness (QED) is 0.0317. The van der Waals surface area contributed by atoms with E-state index in [1.807, 2.05) is 139 Å². The Morgan fingerprint density at radius 1 is 0.289 bits per heavy atom. The van der Waals surface area contributed by atoms with Crippen molar-refractivity contribution in [2.75, 3.05) is 26.6 Å². The van der Waals surface area contributed by atoms with Crippen LogP contribution in [0.25, 0.3) is 0 Å². The number of aryl methyl sites for hydroxylation is 7.